The molecule has 0 spiro atoms. The first kappa shape index (κ1) is 34.9. The van der Waals surface area contributed by atoms with Gasteiger partial charge in [-0.1, -0.05) is 43.6 Å². The molecular weight excluding hydrogens is 972 g/mol. The highest BCUT2D eigenvalue weighted by atomic mass is 79.9. The molecule has 0 saturated carbocycles. The van der Waals surface area contributed by atoms with Crippen molar-refractivity contribution in [2.75, 3.05) is 6.61 Å². The number of benzene rings is 3. The smallest absolute Gasteiger partial charge is 0.239 e. The molecule has 0 amide bonds. The molecule has 0 aromatic heterocycles. The zero-order valence-corrected chi connectivity index (χ0v) is 33.6. The van der Waals surface area contributed by atoms with Crippen LogP contribution in [-0.4, -0.2) is 23.6 Å². The van der Waals surface area contributed by atoms with Gasteiger partial charge in [0.05, 0.1) is 32.9 Å². The van der Waals surface area contributed by atoms with Crippen molar-refractivity contribution in [3.05, 3.63) is 78.8 Å². The summed E-state index contributed by atoms with van der Waals surface area (Å²) in [5, 5.41) is 11.1. The molecular formula is C29H29Br7O4. The molecule has 1 atom stereocenters. The van der Waals surface area contributed by atoms with E-state index in [2.05, 4.69) is 151 Å². The van der Waals surface area contributed by atoms with E-state index in [1.807, 2.05) is 24.3 Å². The minimum atomic E-state index is -1.62. The van der Waals surface area contributed by atoms with Crippen LogP contribution in [0.15, 0.2) is 67.7 Å². The van der Waals surface area contributed by atoms with Crippen LogP contribution in [0.4, 0.5) is 0 Å². The molecule has 0 fully saturated rings. The lowest BCUT2D eigenvalue weighted by molar-refractivity contribution is -0.145. The quantitative estimate of drug-likeness (QED) is 0.195. The van der Waals surface area contributed by atoms with Crippen molar-refractivity contribution < 1.29 is 19.3 Å². The lowest BCUT2D eigenvalue weighted by Gasteiger charge is -2.30. The number of rotatable bonds is 11. The van der Waals surface area contributed by atoms with Crippen molar-refractivity contribution in [3.8, 4) is 17.2 Å². The first-order valence-electron chi connectivity index (χ1n) is 12.4. The average Bonchev–Trinajstić information content (AvgIpc) is 2.85. The first-order valence-corrected chi connectivity index (χ1v) is 18.0. The third-order valence-electron chi connectivity index (χ3n) is 6.40. The Bertz CT molecular complexity index is 1300. The van der Waals surface area contributed by atoms with Crippen LogP contribution < -0.4 is 14.2 Å². The minimum Gasteiger partial charge on any atom is -0.488 e. The highest BCUT2D eigenvalue weighted by molar-refractivity contribution is 9.12. The fourth-order valence-electron chi connectivity index (χ4n) is 3.96. The average molecular weight is 1000 g/mol. The molecule has 0 aliphatic carbocycles. The first-order chi connectivity index (χ1) is 18.6. The normalized spacial score (nSPS) is 13.3. The van der Waals surface area contributed by atoms with Crippen LogP contribution in [0.1, 0.15) is 58.6 Å². The maximum Gasteiger partial charge on any atom is 0.239 e. The highest BCUT2D eigenvalue weighted by Gasteiger charge is 2.31. The van der Waals surface area contributed by atoms with Crippen molar-refractivity contribution in [1.29, 1.82) is 0 Å². The molecule has 11 heteroatoms. The molecule has 1 unspecified atom stereocenters. The Morgan fingerprint density at radius 2 is 1.05 bits per heavy atom. The Morgan fingerprint density at radius 3 is 1.48 bits per heavy atom. The maximum atomic E-state index is 11.1. The predicted molar refractivity (Wildman–Crippen MR) is 187 cm³/mol. The molecule has 218 valence electrons. The van der Waals surface area contributed by atoms with Crippen molar-refractivity contribution in [3.63, 3.8) is 0 Å². The molecule has 3 aromatic carbocycles. The lowest BCUT2D eigenvalue weighted by Crippen LogP contribution is -2.39. The van der Waals surface area contributed by atoms with Crippen molar-refractivity contribution in [2.24, 2.45) is 0 Å². The fraction of sp³-hybridized carbons (Fsp3) is 0.379. The van der Waals surface area contributed by atoms with E-state index in [1.54, 1.807) is 6.92 Å². The van der Waals surface area contributed by atoms with Crippen LogP contribution >= 0.6 is 112 Å². The van der Waals surface area contributed by atoms with Crippen LogP contribution in [0.2, 0.25) is 0 Å². The largest absolute Gasteiger partial charge is 0.488 e. The standard InChI is InChI=1S/C29H29Br7O4/c1-6-18(7-2)39-26-19(31)8-15(9-20(26)32)28(3,4)16-10-21(33)27(22(34)11-16)40-29(5,37)14-38-25-23(35)12-17(30)13-24(25)36/h8-13,18,37H,6-7,14H2,1-5H3. The van der Waals surface area contributed by atoms with Crippen molar-refractivity contribution in [1.82, 2.24) is 0 Å². The van der Waals surface area contributed by atoms with Gasteiger partial charge in [-0.15, -0.1) is 0 Å². The molecule has 1 N–H and O–H groups in total. The molecule has 0 radical (unpaired) electrons. The Balaban J connectivity index is 1.85. The van der Waals surface area contributed by atoms with E-state index in [1.165, 1.54) is 0 Å². The summed E-state index contributed by atoms with van der Waals surface area (Å²) in [4.78, 5) is 0. The van der Waals surface area contributed by atoms with E-state index in [0.29, 0.717) is 20.4 Å². The summed E-state index contributed by atoms with van der Waals surface area (Å²) in [5.74, 6) is 0.231. The Kier molecular flexibility index (Phi) is 12.6. The van der Waals surface area contributed by atoms with Gasteiger partial charge in [-0.05, 0) is 156 Å². The Labute approximate surface area is 295 Å². The Hall–Kier alpha value is 0.380. The monoisotopic (exact) mass is 994 g/mol. The van der Waals surface area contributed by atoms with Gasteiger partial charge in [0.15, 0.2) is 12.4 Å². The number of aliphatic hydroxyl groups is 1. The number of hydrogen-bond donors (Lipinski definition) is 1. The Morgan fingerprint density at radius 1 is 0.650 bits per heavy atom. The zero-order valence-electron chi connectivity index (χ0n) is 22.5. The molecule has 0 aliphatic rings. The van der Waals surface area contributed by atoms with Crippen LogP contribution in [0.25, 0.3) is 0 Å². The molecule has 40 heavy (non-hydrogen) atoms. The fourth-order valence-corrected chi connectivity index (χ4v) is 9.17. The second-order valence-corrected chi connectivity index (χ2v) is 16.0. The lowest BCUT2D eigenvalue weighted by atomic mass is 9.78. The van der Waals surface area contributed by atoms with E-state index in [-0.39, 0.29) is 18.1 Å². The van der Waals surface area contributed by atoms with Gasteiger partial charge in [0, 0.05) is 16.8 Å². The number of hydrogen-bond acceptors (Lipinski definition) is 4. The van der Waals surface area contributed by atoms with Crippen LogP contribution in [-0.2, 0) is 5.41 Å². The SMILES string of the molecule is CCC(CC)Oc1c(Br)cc(C(C)(C)c2cc(Br)c(OC(C)(O)COc3c(Br)cc(Br)cc3Br)c(Br)c2)cc1Br. The maximum absolute atomic E-state index is 11.1. The second kappa shape index (κ2) is 14.4. The highest BCUT2D eigenvalue weighted by Crippen LogP contribution is 2.45. The molecule has 0 saturated heterocycles. The molecule has 4 nitrogen and oxygen atoms in total. The van der Waals surface area contributed by atoms with E-state index in [0.717, 1.165) is 52.1 Å². The molecule has 0 heterocycles. The van der Waals surface area contributed by atoms with Crippen LogP contribution in [0, 0.1) is 0 Å². The number of ether oxygens (including phenoxy) is 3. The molecule has 0 bridgehead atoms. The summed E-state index contributed by atoms with van der Waals surface area (Å²) in [6, 6.07) is 12.0. The molecule has 3 aromatic rings. The van der Waals surface area contributed by atoms with E-state index in [9.17, 15) is 5.11 Å². The van der Waals surface area contributed by atoms with Crippen LogP contribution in [0.5, 0.6) is 17.2 Å². The summed E-state index contributed by atoms with van der Waals surface area (Å²) in [5.41, 5.74) is 1.78. The number of halogens is 7. The van der Waals surface area contributed by atoms with Crippen LogP contribution in [0.3, 0.4) is 0 Å². The van der Waals surface area contributed by atoms with Gasteiger partial charge in [0.25, 0.3) is 0 Å². The van der Waals surface area contributed by atoms with Crippen molar-refractivity contribution >= 4 is 112 Å². The van der Waals surface area contributed by atoms with Gasteiger partial charge in [-0.25, -0.2) is 0 Å². The van der Waals surface area contributed by atoms with Gasteiger partial charge < -0.3 is 19.3 Å². The van der Waals surface area contributed by atoms with E-state index < -0.39 is 5.79 Å². The summed E-state index contributed by atoms with van der Waals surface area (Å²) < 4.78 is 23.8. The summed E-state index contributed by atoms with van der Waals surface area (Å²) in [7, 11) is 0. The van der Waals surface area contributed by atoms with Gasteiger partial charge in [-0.2, -0.15) is 0 Å². The predicted octanol–water partition coefficient (Wildman–Crippen LogP) is 12.1. The summed E-state index contributed by atoms with van der Waals surface area (Å²) in [6.45, 7) is 10.0. The third-order valence-corrected chi connectivity index (χ3v) is 10.4. The molecule has 3 rings (SSSR count). The molecule has 0 aliphatic heterocycles. The second-order valence-electron chi connectivity index (χ2n) is 9.98. The van der Waals surface area contributed by atoms with E-state index >= 15 is 0 Å². The third kappa shape index (κ3) is 8.51. The van der Waals surface area contributed by atoms with Gasteiger partial charge in [0.1, 0.15) is 11.5 Å². The summed E-state index contributed by atoms with van der Waals surface area (Å²) in [6.07, 6.45) is 2.04. The van der Waals surface area contributed by atoms with Gasteiger partial charge >= 0.3 is 0 Å². The zero-order chi connectivity index (χ0) is 30.0. The topological polar surface area (TPSA) is 47.9 Å². The van der Waals surface area contributed by atoms with Crippen molar-refractivity contribution in [2.45, 2.75) is 64.8 Å². The van der Waals surface area contributed by atoms with Gasteiger partial charge in [0.2, 0.25) is 5.79 Å². The van der Waals surface area contributed by atoms with E-state index in [4.69, 9.17) is 14.2 Å². The minimum absolute atomic E-state index is 0.106. The van der Waals surface area contributed by atoms with Gasteiger partial charge in [-0.3, -0.25) is 0 Å². The summed E-state index contributed by atoms with van der Waals surface area (Å²) >= 11 is 25.2.